The molecule has 0 aromatic heterocycles. The summed E-state index contributed by atoms with van der Waals surface area (Å²) in [5, 5.41) is 0. The lowest BCUT2D eigenvalue weighted by molar-refractivity contribution is 0.176. The summed E-state index contributed by atoms with van der Waals surface area (Å²) < 4.78 is 0. The zero-order valence-electron chi connectivity index (χ0n) is 11.5. The maximum atomic E-state index is 2.71. The predicted molar refractivity (Wildman–Crippen MR) is 77.0 cm³/mol. The van der Waals surface area contributed by atoms with E-state index in [1.165, 1.54) is 38.2 Å². The van der Waals surface area contributed by atoms with E-state index in [0.29, 0.717) is 12.0 Å². The lowest BCUT2D eigenvalue weighted by atomic mass is 9.96. The molecule has 2 heteroatoms. The standard InChI is InChI=1S/C16H24N2/c1-13(2)16-12-17-10-6-9-15(17)11-18(16)14-7-4-3-5-8-14/h3-5,7-8,13,15-16H,6,9-12H2,1-2H3. The highest BCUT2D eigenvalue weighted by atomic mass is 15.3. The van der Waals surface area contributed by atoms with Crippen LogP contribution in [0.4, 0.5) is 5.69 Å². The molecule has 0 spiro atoms. The summed E-state index contributed by atoms with van der Waals surface area (Å²) in [6.07, 6.45) is 2.77. The Kier molecular flexibility index (Phi) is 3.29. The average molecular weight is 244 g/mol. The van der Waals surface area contributed by atoms with Gasteiger partial charge in [0.15, 0.2) is 0 Å². The van der Waals surface area contributed by atoms with Gasteiger partial charge in [0.2, 0.25) is 0 Å². The number of nitrogens with zero attached hydrogens (tertiary/aromatic N) is 2. The molecule has 1 aromatic carbocycles. The quantitative estimate of drug-likeness (QED) is 0.789. The number of hydrogen-bond donors (Lipinski definition) is 0. The number of benzene rings is 1. The first-order chi connectivity index (χ1) is 8.75. The highest BCUT2D eigenvalue weighted by Gasteiger charge is 2.37. The third-order valence-corrected chi connectivity index (χ3v) is 4.59. The number of para-hydroxylation sites is 1. The van der Waals surface area contributed by atoms with Crippen molar-refractivity contribution in [3.8, 4) is 0 Å². The molecule has 2 aliphatic rings. The van der Waals surface area contributed by atoms with Gasteiger partial charge in [-0.05, 0) is 37.4 Å². The lowest BCUT2D eigenvalue weighted by Crippen LogP contribution is -2.58. The second-order valence-electron chi connectivity index (χ2n) is 6.09. The van der Waals surface area contributed by atoms with Crippen LogP contribution >= 0.6 is 0 Å². The van der Waals surface area contributed by atoms with E-state index in [4.69, 9.17) is 0 Å². The monoisotopic (exact) mass is 244 g/mol. The molecule has 2 nitrogen and oxygen atoms in total. The first-order valence-corrected chi connectivity index (χ1v) is 7.31. The van der Waals surface area contributed by atoms with Crippen molar-refractivity contribution in [1.82, 2.24) is 4.90 Å². The van der Waals surface area contributed by atoms with Crippen molar-refractivity contribution >= 4 is 5.69 Å². The molecule has 0 radical (unpaired) electrons. The van der Waals surface area contributed by atoms with Crippen LogP contribution in [0.25, 0.3) is 0 Å². The zero-order valence-corrected chi connectivity index (χ0v) is 11.5. The van der Waals surface area contributed by atoms with Gasteiger partial charge in [0.25, 0.3) is 0 Å². The van der Waals surface area contributed by atoms with E-state index in [2.05, 4.69) is 54.0 Å². The summed E-state index contributed by atoms with van der Waals surface area (Å²) in [5.74, 6) is 0.715. The van der Waals surface area contributed by atoms with Crippen LogP contribution in [0.1, 0.15) is 26.7 Å². The van der Waals surface area contributed by atoms with E-state index < -0.39 is 0 Å². The normalized spacial score (nSPS) is 28.7. The van der Waals surface area contributed by atoms with E-state index in [-0.39, 0.29) is 0 Å². The second kappa shape index (κ2) is 4.93. The Morgan fingerprint density at radius 2 is 1.89 bits per heavy atom. The molecule has 0 saturated carbocycles. The summed E-state index contributed by atoms with van der Waals surface area (Å²) in [4.78, 5) is 5.36. The molecule has 1 aromatic rings. The van der Waals surface area contributed by atoms with Crippen LogP contribution in [0.2, 0.25) is 0 Å². The molecule has 2 saturated heterocycles. The minimum Gasteiger partial charge on any atom is -0.365 e. The Morgan fingerprint density at radius 3 is 2.61 bits per heavy atom. The van der Waals surface area contributed by atoms with Gasteiger partial charge in [-0.15, -0.1) is 0 Å². The molecule has 18 heavy (non-hydrogen) atoms. The smallest absolute Gasteiger partial charge is 0.0440 e. The molecule has 2 aliphatic heterocycles. The molecule has 0 N–H and O–H groups in total. The highest BCUT2D eigenvalue weighted by Crippen LogP contribution is 2.31. The Balaban J connectivity index is 1.85. The fraction of sp³-hybridized carbons (Fsp3) is 0.625. The number of hydrogen-bond acceptors (Lipinski definition) is 2. The van der Waals surface area contributed by atoms with Crippen LogP contribution in [0, 0.1) is 5.92 Å². The number of anilines is 1. The molecule has 0 aliphatic carbocycles. The number of piperazine rings is 1. The molecular formula is C16H24N2. The lowest BCUT2D eigenvalue weighted by Gasteiger charge is -2.46. The molecule has 0 bridgehead atoms. The van der Waals surface area contributed by atoms with Gasteiger partial charge >= 0.3 is 0 Å². The van der Waals surface area contributed by atoms with Crippen molar-refractivity contribution < 1.29 is 0 Å². The van der Waals surface area contributed by atoms with Gasteiger partial charge in [0.1, 0.15) is 0 Å². The van der Waals surface area contributed by atoms with Gasteiger partial charge in [-0.1, -0.05) is 32.0 Å². The van der Waals surface area contributed by atoms with Crippen molar-refractivity contribution in [2.45, 2.75) is 38.8 Å². The Bertz CT molecular complexity index is 387. The Morgan fingerprint density at radius 1 is 1.11 bits per heavy atom. The third-order valence-electron chi connectivity index (χ3n) is 4.59. The fourth-order valence-corrected chi connectivity index (χ4v) is 3.53. The summed E-state index contributed by atoms with van der Waals surface area (Å²) >= 11 is 0. The molecule has 3 rings (SSSR count). The van der Waals surface area contributed by atoms with Gasteiger partial charge in [0.05, 0.1) is 0 Å². The highest BCUT2D eigenvalue weighted by molar-refractivity contribution is 5.48. The molecular weight excluding hydrogens is 220 g/mol. The van der Waals surface area contributed by atoms with Gasteiger partial charge in [0, 0.05) is 30.9 Å². The van der Waals surface area contributed by atoms with E-state index in [1.807, 2.05) is 0 Å². The molecule has 2 fully saturated rings. The van der Waals surface area contributed by atoms with Gasteiger partial charge in [-0.3, -0.25) is 4.90 Å². The van der Waals surface area contributed by atoms with Gasteiger partial charge in [-0.25, -0.2) is 0 Å². The SMILES string of the molecule is CC(C)C1CN2CCCC2CN1c1ccccc1. The molecule has 98 valence electrons. The third kappa shape index (κ3) is 2.14. The topological polar surface area (TPSA) is 6.48 Å². The Labute approximate surface area is 111 Å². The molecule has 2 unspecified atom stereocenters. The summed E-state index contributed by atoms with van der Waals surface area (Å²) in [6.45, 7) is 8.49. The van der Waals surface area contributed by atoms with Crippen LogP contribution in [-0.4, -0.2) is 36.6 Å². The molecule has 0 amide bonds. The number of rotatable bonds is 2. The largest absolute Gasteiger partial charge is 0.365 e. The predicted octanol–water partition coefficient (Wildman–Crippen LogP) is 3.00. The maximum absolute atomic E-state index is 2.71. The minimum absolute atomic E-state index is 0.668. The van der Waals surface area contributed by atoms with Crippen molar-refractivity contribution in [3.63, 3.8) is 0 Å². The van der Waals surface area contributed by atoms with Gasteiger partial charge < -0.3 is 4.90 Å². The Hall–Kier alpha value is -1.02. The second-order valence-corrected chi connectivity index (χ2v) is 6.09. The van der Waals surface area contributed by atoms with Crippen LogP contribution in [0.3, 0.4) is 0 Å². The van der Waals surface area contributed by atoms with Crippen molar-refractivity contribution in [1.29, 1.82) is 0 Å². The first kappa shape index (κ1) is 12.0. The number of fused-ring (bicyclic) bond motifs is 1. The average Bonchev–Trinajstić information content (AvgIpc) is 2.85. The van der Waals surface area contributed by atoms with Crippen LogP contribution < -0.4 is 4.90 Å². The summed E-state index contributed by atoms with van der Waals surface area (Å²) in [5.41, 5.74) is 1.41. The molecule has 2 atom stereocenters. The zero-order chi connectivity index (χ0) is 12.5. The van der Waals surface area contributed by atoms with E-state index in [1.54, 1.807) is 0 Å². The summed E-state index contributed by atoms with van der Waals surface area (Å²) in [6, 6.07) is 12.4. The van der Waals surface area contributed by atoms with Crippen LogP contribution in [-0.2, 0) is 0 Å². The van der Waals surface area contributed by atoms with Crippen molar-refractivity contribution in [2.75, 3.05) is 24.5 Å². The van der Waals surface area contributed by atoms with E-state index in [9.17, 15) is 0 Å². The van der Waals surface area contributed by atoms with E-state index in [0.717, 1.165) is 6.04 Å². The maximum Gasteiger partial charge on any atom is 0.0440 e. The molecule has 2 heterocycles. The van der Waals surface area contributed by atoms with Crippen molar-refractivity contribution in [3.05, 3.63) is 30.3 Å². The summed E-state index contributed by atoms with van der Waals surface area (Å²) in [7, 11) is 0. The van der Waals surface area contributed by atoms with Crippen molar-refractivity contribution in [2.24, 2.45) is 5.92 Å². The minimum atomic E-state index is 0.668. The van der Waals surface area contributed by atoms with Crippen LogP contribution in [0.5, 0.6) is 0 Å². The first-order valence-electron chi connectivity index (χ1n) is 7.31. The van der Waals surface area contributed by atoms with Crippen LogP contribution in [0.15, 0.2) is 30.3 Å². The van der Waals surface area contributed by atoms with E-state index >= 15 is 0 Å². The van der Waals surface area contributed by atoms with Gasteiger partial charge in [-0.2, -0.15) is 0 Å². The fourth-order valence-electron chi connectivity index (χ4n) is 3.53.